The van der Waals surface area contributed by atoms with Gasteiger partial charge in [0.15, 0.2) is 5.16 Å². The smallest absolute Gasteiger partial charge is 0.263 e. The van der Waals surface area contributed by atoms with E-state index in [4.69, 9.17) is 4.98 Å². The number of nitrogens with one attached hydrogen (secondary N) is 1. The second-order valence-corrected chi connectivity index (χ2v) is 11.9. The second-order valence-electron chi connectivity index (χ2n) is 9.86. The largest absolute Gasteiger partial charge is 0.325 e. The predicted molar refractivity (Wildman–Crippen MR) is 149 cm³/mol. The van der Waals surface area contributed by atoms with Crippen LogP contribution >= 0.6 is 23.1 Å². The van der Waals surface area contributed by atoms with Gasteiger partial charge in [-0.15, -0.1) is 11.3 Å². The first-order valence-electron chi connectivity index (χ1n) is 13.0. The van der Waals surface area contributed by atoms with E-state index in [1.165, 1.54) is 47.9 Å². The number of amides is 1. The first-order valence-corrected chi connectivity index (χ1v) is 14.8. The van der Waals surface area contributed by atoms with Crippen LogP contribution in [0.3, 0.4) is 0 Å². The number of thiophene rings is 1. The molecular formula is C28H37N3O2S2. The van der Waals surface area contributed by atoms with Crippen LogP contribution in [-0.2, 0) is 24.2 Å². The molecule has 35 heavy (non-hydrogen) atoms. The fraction of sp³-hybridized carbons (Fsp3) is 0.536. The number of aryl methyl sites for hydroxylation is 2. The first kappa shape index (κ1) is 26.0. The second kappa shape index (κ2) is 12.2. The van der Waals surface area contributed by atoms with Crippen LogP contribution < -0.4 is 10.9 Å². The molecule has 1 aliphatic rings. The van der Waals surface area contributed by atoms with Crippen molar-refractivity contribution in [2.75, 3.05) is 11.1 Å². The van der Waals surface area contributed by atoms with E-state index in [0.29, 0.717) is 17.6 Å². The summed E-state index contributed by atoms with van der Waals surface area (Å²) in [6, 6.07) is 7.79. The molecule has 2 heterocycles. The molecule has 0 fully saturated rings. The molecule has 0 spiro atoms. The summed E-state index contributed by atoms with van der Waals surface area (Å²) < 4.78 is 1.85. The van der Waals surface area contributed by atoms with Gasteiger partial charge in [-0.1, -0.05) is 69.8 Å². The van der Waals surface area contributed by atoms with Crippen molar-refractivity contribution < 1.29 is 4.79 Å². The van der Waals surface area contributed by atoms with Crippen LogP contribution in [0.4, 0.5) is 5.69 Å². The molecule has 5 nitrogen and oxygen atoms in total. The van der Waals surface area contributed by atoms with Gasteiger partial charge in [0, 0.05) is 17.1 Å². The van der Waals surface area contributed by atoms with E-state index < -0.39 is 0 Å². The van der Waals surface area contributed by atoms with Crippen LogP contribution in [-0.4, -0.2) is 21.2 Å². The Kier molecular flexibility index (Phi) is 9.06. The summed E-state index contributed by atoms with van der Waals surface area (Å²) in [5.41, 5.74) is 3.21. The van der Waals surface area contributed by atoms with E-state index in [1.54, 1.807) is 11.3 Å². The van der Waals surface area contributed by atoms with Gasteiger partial charge in [-0.05, 0) is 61.8 Å². The van der Waals surface area contributed by atoms with Crippen molar-refractivity contribution >= 4 is 44.9 Å². The molecule has 1 atom stereocenters. The summed E-state index contributed by atoms with van der Waals surface area (Å²) in [5.74, 6) is 0.797. The van der Waals surface area contributed by atoms with Crippen LogP contribution in [0.1, 0.15) is 74.8 Å². The zero-order chi connectivity index (χ0) is 24.8. The highest BCUT2D eigenvalue weighted by Crippen LogP contribution is 2.36. The lowest BCUT2D eigenvalue weighted by molar-refractivity contribution is -0.113. The van der Waals surface area contributed by atoms with Crippen molar-refractivity contribution in [1.82, 2.24) is 9.55 Å². The minimum Gasteiger partial charge on any atom is -0.325 e. The number of thioether (sulfide) groups is 1. The Labute approximate surface area is 216 Å². The van der Waals surface area contributed by atoms with Gasteiger partial charge in [-0.3, -0.25) is 14.2 Å². The molecule has 0 saturated heterocycles. The molecule has 1 aliphatic carbocycles. The number of unbranched alkanes of at least 4 members (excludes halogenated alkanes) is 5. The Bertz CT molecular complexity index is 1230. The Morgan fingerprint density at radius 1 is 1.23 bits per heavy atom. The van der Waals surface area contributed by atoms with Crippen molar-refractivity contribution in [3.8, 4) is 0 Å². The molecule has 1 aromatic carbocycles. The number of aromatic nitrogens is 2. The molecule has 0 radical (unpaired) electrons. The zero-order valence-electron chi connectivity index (χ0n) is 21.2. The van der Waals surface area contributed by atoms with Crippen molar-refractivity contribution in [1.29, 1.82) is 0 Å². The van der Waals surface area contributed by atoms with E-state index in [1.807, 2.05) is 35.8 Å². The monoisotopic (exact) mass is 511 g/mol. The Morgan fingerprint density at radius 3 is 2.83 bits per heavy atom. The number of anilines is 1. The molecule has 0 unspecified atom stereocenters. The van der Waals surface area contributed by atoms with Crippen LogP contribution in [0.2, 0.25) is 0 Å². The van der Waals surface area contributed by atoms with Crippen LogP contribution in [0.5, 0.6) is 0 Å². The quantitative estimate of drug-likeness (QED) is 0.171. The van der Waals surface area contributed by atoms with Gasteiger partial charge in [-0.2, -0.15) is 0 Å². The molecule has 7 heteroatoms. The number of nitrogens with zero attached hydrogens (tertiary/aromatic N) is 2. The van der Waals surface area contributed by atoms with Crippen molar-refractivity contribution in [3.63, 3.8) is 0 Å². The summed E-state index contributed by atoms with van der Waals surface area (Å²) in [6.07, 6.45) is 10.2. The Balaban J connectivity index is 1.55. The van der Waals surface area contributed by atoms with Crippen molar-refractivity contribution in [2.24, 2.45) is 5.92 Å². The number of benzene rings is 1. The highest BCUT2D eigenvalue weighted by molar-refractivity contribution is 7.99. The first-order chi connectivity index (χ1) is 17.0. The van der Waals surface area contributed by atoms with E-state index in [-0.39, 0.29) is 17.2 Å². The number of rotatable bonds is 11. The molecule has 4 rings (SSSR count). The van der Waals surface area contributed by atoms with Gasteiger partial charge >= 0.3 is 0 Å². The third-order valence-corrected chi connectivity index (χ3v) is 8.87. The Morgan fingerprint density at radius 2 is 2.03 bits per heavy atom. The summed E-state index contributed by atoms with van der Waals surface area (Å²) in [4.78, 5) is 33.5. The van der Waals surface area contributed by atoms with Gasteiger partial charge in [0.1, 0.15) is 4.83 Å². The van der Waals surface area contributed by atoms with E-state index in [2.05, 4.69) is 19.2 Å². The molecule has 1 N–H and O–H groups in total. The fourth-order valence-electron chi connectivity index (χ4n) is 4.81. The number of carbonyl (C=O) groups excluding carboxylic acids is 1. The highest BCUT2D eigenvalue weighted by Gasteiger charge is 2.25. The minimum atomic E-state index is -0.0830. The van der Waals surface area contributed by atoms with Crippen molar-refractivity contribution in [2.45, 2.75) is 90.3 Å². The lowest BCUT2D eigenvalue weighted by Gasteiger charge is -2.17. The van der Waals surface area contributed by atoms with Crippen LogP contribution in [0.15, 0.2) is 34.2 Å². The third kappa shape index (κ3) is 6.56. The zero-order valence-corrected chi connectivity index (χ0v) is 22.8. The summed E-state index contributed by atoms with van der Waals surface area (Å²) in [5, 5.41) is 4.47. The molecule has 2 aromatic heterocycles. The lowest BCUT2D eigenvalue weighted by Crippen LogP contribution is -2.25. The molecule has 0 bridgehead atoms. The van der Waals surface area contributed by atoms with Gasteiger partial charge in [0.05, 0.1) is 11.1 Å². The minimum absolute atomic E-state index is 0.0807. The molecule has 3 aromatic rings. The molecule has 1 amide bonds. The lowest BCUT2D eigenvalue weighted by atomic mass is 9.89. The SMILES string of the molecule is CCCCCCCCn1c(SCC(=O)Nc2cccc(C)c2)nc2sc3c(c2c1=O)CC[C@@H](C)C3. The third-order valence-electron chi connectivity index (χ3n) is 6.75. The van der Waals surface area contributed by atoms with Crippen LogP contribution in [0, 0.1) is 12.8 Å². The number of carbonyl (C=O) groups is 1. The molecule has 188 valence electrons. The van der Waals surface area contributed by atoms with Gasteiger partial charge < -0.3 is 5.32 Å². The van der Waals surface area contributed by atoms with E-state index in [9.17, 15) is 9.59 Å². The maximum absolute atomic E-state index is 13.7. The van der Waals surface area contributed by atoms with E-state index in [0.717, 1.165) is 53.6 Å². The predicted octanol–water partition coefficient (Wildman–Crippen LogP) is 6.98. The van der Waals surface area contributed by atoms with Gasteiger partial charge in [0.25, 0.3) is 5.56 Å². The maximum Gasteiger partial charge on any atom is 0.263 e. The summed E-state index contributed by atoms with van der Waals surface area (Å²) in [6.45, 7) is 7.18. The normalized spacial score (nSPS) is 15.3. The standard InChI is InChI=1S/C28H37N3O2S2/c1-4-5-6-7-8-9-15-31-27(33)25-22-14-13-20(3)17-23(22)35-26(25)30-28(31)34-18-24(32)29-21-12-10-11-19(2)16-21/h10-12,16,20H,4-9,13-15,17-18H2,1-3H3,(H,29,32)/t20-/m1/s1. The maximum atomic E-state index is 13.7. The van der Waals surface area contributed by atoms with Gasteiger partial charge in [0.2, 0.25) is 5.91 Å². The fourth-order valence-corrected chi connectivity index (χ4v) is 7.06. The average Bonchev–Trinajstić information content (AvgIpc) is 3.18. The topological polar surface area (TPSA) is 64.0 Å². The van der Waals surface area contributed by atoms with Gasteiger partial charge in [-0.25, -0.2) is 4.98 Å². The highest BCUT2D eigenvalue weighted by atomic mass is 32.2. The molecular weight excluding hydrogens is 474 g/mol. The number of fused-ring (bicyclic) bond motifs is 3. The Hall–Kier alpha value is -2.12. The summed E-state index contributed by atoms with van der Waals surface area (Å²) in [7, 11) is 0. The number of hydrogen-bond donors (Lipinski definition) is 1. The average molecular weight is 512 g/mol. The van der Waals surface area contributed by atoms with Crippen LogP contribution in [0.25, 0.3) is 10.2 Å². The van der Waals surface area contributed by atoms with E-state index >= 15 is 0 Å². The molecule has 0 aliphatic heterocycles. The number of hydrogen-bond acceptors (Lipinski definition) is 5. The molecule has 0 saturated carbocycles. The summed E-state index contributed by atoms with van der Waals surface area (Å²) >= 11 is 3.05. The van der Waals surface area contributed by atoms with Crippen molar-refractivity contribution in [3.05, 3.63) is 50.6 Å².